The molecule has 24 heavy (non-hydrogen) atoms. The van der Waals surface area contributed by atoms with Gasteiger partial charge in [-0.3, -0.25) is 4.79 Å². The number of aliphatic hydroxyl groups excluding tert-OH is 1. The molecule has 0 aliphatic carbocycles. The van der Waals surface area contributed by atoms with Crippen LogP contribution in [0.3, 0.4) is 0 Å². The van der Waals surface area contributed by atoms with E-state index in [4.69, 9.17) is 4.74 Å². The monoisotopic (exact) mass is 390 g/mol. The summed E-state index contributed by atoms with van der Waals surface area (Å²) in [7, 11) is 0. The average Bonchev–Trinajstić information content (AvgIpc) is 2.60. The zero-order chi connectivity index (χ0) is 17.4. The molecule has 0 spiro atoms. The fraction of sp³-hybridized carbons (Fsp3) is 0.222. The van der Waals surface area contributed by atoms with Crippen molar-refractivity contribution < 1.29 is 14.6 Å². The number of benzene rings is 2. The number of para-hydroxylation sites is 1. The van der Waals surface area contributed by atoms with E-state index in [1.54, 1.807) is 24.3 Å². The third kappa shape index (κ3) is 5.18. The maximum Gasteiger partial charge on any atom is 0.273 e. The zero-order valence-corrected chi connectivity index (χ0v) is 14.9. The van der Waals surface area contributed by atoms with Gasteiger partial charge in [0.1, 0.15) is 5.75 Å². The number of amides is 1. The van der Waals surface area contributed by atoms with E-state index in [0.717, 1.165) is 16.5 Å². The van der Waals surface area contributed by atoms with Crippen LogP contribution in [0.4, 0.5) is 0 Å². The van der Waals surface area contributed by atoms with E-state index < -0.39 is 12.0 Å². The molecule has 2 N–H and O–H groups in total. The van der Waals surface area contributed by atoms with Crippen molar-refractivity contribution in [3.63, 3.8) is 0 Å². The number of hydrogen-bond donors (Lipinski definition) is 2. The van der Waals surface area contributed by atoms with Gasteiger partial charge >= 0.3 is 0 Å². The first-order valence-electron chi connectivity index (χ1n) is 7.60. The third-order valence-corrected chi connectivity index (χ3v) is 3.72. The van der Waals surface area contributed by atoms with Gasteiger partial charge in [-0.05, 0) is 36.2 Å². The van der Waals surface area contributed by atoms with Crippen molar-refractivity contribution >= 4 is 28.1 Å². The molecule has 0 aliphatic heterocycles. The van der Waals surface area contributed by atoms with Crippen LogP contribution in [-0.4, -0.2) is 23.8 Å². The molecular formula is C18H19BrN2O3. The van der Waals surface area contributed by atoms with Gasteiger partial charge in [0.15, 0.2) is 6.10 Å². The third-order valence-electron chi connectivity index (χ3n) is 3.19. The van der Waals surface area contributed by atoms with Gasteiger partial charge < -0.3 is 9.84 Å². The lowest BCUT2D eigenvalue weighted by Gasteiger charge is -2.09. The summed E-state index contributed by atoms with van der Waals surface area (Å²) in [6.07, 6.45) is 1.13. The summed E-state index contributed by atoms with van der Waals surface area (Å²) in [5, 5.41) is 13.9. The van der Waals surface area contributed by atoms with E-state index in [9.17, 15) is 9.90 Å². The molecule has 1 amide bonds. The first kappa shape index (κ1) is 18.2. The molecule has 2 aromatic carbocycles. The number of rotatable bonds is 7. The smallest absolute Gasteiger partial charge is 0.273 e. The maximum atomic E-state index is 12.0. The van der Waals surface area contributed by atoms with Crippen LogP contribution in [0.1, 0.15) is 30.6 Å². The number of hydrazone groups is 1. The van der Waals surface area contributed by atoms with E-state index in [1.807, 2.05) is 31.2 Å². The van der Waals surface area contributed by atoms with Crippen molar-refractivity contribution in [3.05, 3.63) is 64.1 Å². The van der Waals surface area contributed by atoms with Crippen LogP contribution >= 0.6 is 15.9 Å². The van der Waals surface area contributed by atoms with E-state index in [2.05, 4.69) is 26.5 Å². The predicted molar refractivity (Wildman–Crippen MR) is 97.1 cm³/mol. The Balaban J connectivity index is 1.98. The van der Waals surface area contributed by atoms with Gasteiger partial charge in [0.2, 0.25) is 0 Å². The molecule has 126 valence electrons. The molecule has 0 saturated carbocycles. The topological polar surface area (TPSA) is 70.9 Å². The Hall–Kier alpha value is -2.18. The lowest BCUT2D eigenvalue weighted by molar-refractivity contribution is -0.129. The summed E-state index contributed by atoms with van der Waals surface area (Å²) < 4.78 is 6.49. The molecule has 1 atom stereocenters. The van der Waals surface area contributed by atoms with Gasteiger partial charge in [0.05, 0.1) is 12.8 Å². The highest BCUT2D eigenvalue weighted by atomic mass is 79.9. The van der Waals surface area contributed by atoms with E-state index in [0.29, 0.717) is 17.9 Å². The molecular weight excluding hydrogens is 372 g/mol. The fourth-order valence-corrected chi connectivity index (χ4v) is 2.22. The highest BCUT2D eigenvalue weighted by molar-refractivity contribution is 9.10. The lowest BCUT2D eigenvalue weighted by atomic mass is 10.1. The summed E-state index contributed by atoms with van der Waals surface area (Å²) in [5.41, 5.74) is 3.59. The minimum absolute atomic E-state index is 0.498. The van der Waals surface area contributed by atoms with Crippen molar-refractivity contribution in [3.8, 4) is 5.75 Å². The van der Waals surface area contributed by atoms with Gasteiger partial charge in [-0.1, -0.05) is 47.1 Å². The summed E-state index contributed by atoms with van der Waals surface area (Å²) in [6.45, 7) is 2.64. The predicted octanol–water partition coefficient (Wildman–Crippen LogP) is 3.42. The summed E-state index contributed by atoms with van der Waals surface area (Å²) in [4.78, 5) is 12.0. The van der Waals surface area contributed by atoms with Crippen molar-refractivity contribution in [2.45, 2.75) is 19.4 Å². The van der Waals surface area contributed by atoms with Crippen molar-refractivity contribution in [1.29, 1.82) is 0 Å². The van der Waals surface area contributed by atoms with Gasteiger partial charge in [-0.2, -0.15) is 5.10 Å². The second kappa shape index (κ2) is 9.20. The quantitative estimate of drug-likeness (QED) is 0.561. The molecule has 0 aromatic heterocycles. The second-order valence-corrected chi connectivity index (χ2v) is 5.99. The number of halogens is 1. The van der Waals surface area contributed by atoms with Crippen LogP contribution in [0.25, 0.3) is 0 Å². The zero-order valence-electron chi connectivity index (χ0n) is 13.3. The highest BCUT2D eigenvalue weighted by Gasteiger charge is 2.16. The molecule has 2 aromatic rings. The largest absolute Gasteiger partial charge is 0.493 e. The SMILES string of the molecule is CCCOc1ccccc1/C=N\NC(=O)[C@@H](O)c1ccc(Br)cc1. The van der Waals surface area contributed by atoms with Crippen LogP contribution < -0.4 is 10.2 Å². The van der Waals surface area contributed by atoms with Crippen molar-refractivity contribution in [1.82, 2.24) is 5.43 Å². The van der Waals surface area contributed by atoms with E-state index in [-0.39, 0.29) is 0 Å². The van der Waals surface area contributed by atoms with Crippen molar-refractivity contribution in [2.75, 3.05) is 6.61 Å². The minimum Gasteiger partial charge on any atom is -0.493 e. The first-order valence-corrected chi connectivity index (χ1v) is 8.39. The van der Waals surface area contributed by atoms with Gasteiger partial charge in [-0.15, -0.1) is 0 Å². The summed E-state index contributed by atoms with van der Waals surface area (Å²) in [5.74, 6) is 0.103. The Labute approximate surface area is 149 Å². The molecule has 0 unspecified atom stereocenters. The molecule has 6 heteroatoms. The molecule has 2 rings (SSSR count). The van der Waals surface area contributed by atoms with Crippen LogP contribution in [0.2, 0.25) is 0 Å². The Morgan fingerprint density at radius 1 is 1.29 bits per heavy atom. The van der Waals surface area contributed by atoms with Gasteiger partial charge in [-0.25, -0.2) is 5.43 Å². The normalized spacial score (nSPS) is 12.1. The Morgan fingerprint density at radius 2 is 2.00 bits per heavy atom. The van der Waals surface area contributed by atoms with Crippen LogP contribution in [0.5, 0.6) is 5.75 Å². The molecule has 0 aliphatic rings. The molecule has 5 nitrogen and oxygen atoms in total. The first-order chi connectivity index (χ1) is 11.6. The van der Waals surface area contributed by atoms with Gasteiger partial charge in [0.25, 0.3) is 5.91 Å². The molecule has 0 bridgehead atoms. The van der Waals surface area contributed by atoms with E-state index in [1.165, 1.54) is 6.21 Å². The second-order valence-electron chi connectivity index (χ2n) is 5.07. The van der Waals surface area contributed by atoms with Gasteiger partial charge in [0, 0.05) is 10.0 Å². The van der Waals surface area contributed by atoms with Crippen molar-refractivity contribution in [2.24, 2.45) is 5.10 Å². The minimum atomic E-state index is -1.28. The number of hydrogen-bond acceptors (Lipinski definition) is 4. The molecule has 0 heterocycles. The van der Waals surface area contributed by atoms with Crippen LogP contribution in [-0.2, 0) is 4.79 Å². The molecule has 0 radical (unpaired) electrons. The number of nitrogens with zero attached hydrogens (tertiary/aromatic N) is 1. The fourth-order valence-electron chi connectivity index (χ4n) is 1.95. The van der Waals surface area contributed by atoms with E-state index >= 15 is 0 Å². The summed E-state index contributed by atoms with van der Waals surface area (Å²) >= 11 is 3.31. The average molecular weight is 391 g/mol. The number of aliphatic hydroxyl groups is 1. The van der Waals surface area contributed by atoms with Crippen LogP contribution in [0.15, 0.2) is 58.1 Å². The standard InChI is InChI=1S/C18H19BrN2O3/c1-2-11-24-16-6-4-3-5-14(16)12-20-21-18(23)17(22)13-7-9-15(19)10-8-13/h3-10,12,17,22H,2,11H2,1H3,(H,21,23)/b20-12-/t17-/m0/s1. The molecule has 0 fully saturated rings. The Morgan fingerprint density at radius 3 is 2.71 bits per heavy atom. The summed E-state index contributed by atoms with van der Waals surface area (Å²) in [6, 6.07) is 14.3. The van der Waals surface area contributed by atoms with Crippen LogP contribution in [0, 0.1) is 0 Å². The Bertz CT molecular complexity index is 702. The molecule has 0 saturated heterocycles. The highest BCUT2D eigenvalue weighted by Crippen LogP contribution is 2.17. The Kier molecular flexibility index (Phi) is 6.96. The lowest BCUT2D eigenvalue weighted by Crippen LogP contribution is -2.25. The number of ether oxygens (including phenoxy) is 1. The number of nitrogens with one attached hydrogen (secondary N) is 1. The number of carbonyl (C=O) groups excluding carboxylic acids is 1. The number of carbonyl (C=O) groups is 1. The maximum absolute atomic E-state index is 12.0.